The Morgan fingerprint density at radius 3 is 1.80 bits per heavy atom. The van der Waals surface area contributed by atoms with E-state index in [1.165, 1.54) is 14.2 Å². The maximum absolute atomic E-state index is 12.5. The molecule has 0 bridgehead atoms. The Bertz CT molecular complexity index is 1380. The van der Waals surface area contributed by atoms with Crippen LogP contribution in [0.15, 0.2) is 94.1 Å². The van der Waals surface area contributed by atoms with Crippen LogP contribution in [0, 0.1) is 0 Å². The van der Waals surface area contributed by atoms with Gasteiger partial charge in [0.2, 0.25) is 0 Å². The Kier molecular flexibility index (Phi) is 9.93. The summed E-state index contributed by atoms with van der Waals surface area (Å²) in [6, 6.07) is 25.4. The third-order valence-corrected chi connectivity index (χ3v) is 5.92. The van der Waals surface area contributed by atoms with Crippen LogP contribution in [0.5, 0.6) is 17.2 Å². The summed E-state index contributed by atoms with van der Waals surface area (Å²) in [4.78, 5) is 24.7. The second-order valence-corrected chi connectivity index (χ2v) is 8.72. The van der Waals surface area contributed by atoms with Crippen molar-refractivity contribution in [3.8, 4) is 28.4 Å². The number of rotatable bonds is 14. The van der Waals surface area contributed by atoms with Crippen LogP contribution >= 0.6 is 0 Å². The van der Waals surface area contributed by atoms with E-state index in [1.807, 2.05) is 60.7 Å². The van der Waals surface area contributed by atoms with Crippen LogP contribution in [0.25, 0.3) is 11.1 Å². The molecule has 0 aliphatic carbocycles. The highest BCUT2D eigenvalue weighted by Gasteiger charge is 2.28. The summed E-state index contributed by atoms with van der Waals surface area (Å²) in [6.07, 6.45) is -0.766. The van der Waals surface area contributed by atoms with Gasteiger partial charge in [-0.15, -0.1) is 0 Å². The van der Waals surface area contributed by atoms with Crippen LogP contribution in [0.3, 0.4) is 0 Å². The van der Waals surface area contributed by atoms with Crippen LogP contribution < -0.4 is 19.8 Å². The summed E-state index contributed by atoms with van der Waals surface area (Å²) in [5.41, 5.74) is 1.53. The van der Waals surface area contributed by atoms with Gasteiger partial charge in [-0.2, -0.15) is 0 Å². The molecule has 40 heavy (non-hydrogen) atoms. The van der Waals surface area contributed by atoms with E-state index in [0.717, 1.165) is 17.2 Å². The van der Waals surface area contributed by atoms with Gasteiger partial charge in [0.15, 0.2) is 5.75 Å². The van der Waals surface area contributed by atoms with Crippen LogP contribution in [-0.4, -0.2) is 44.6 Å². The van der Waals surface area contributed by atoms with Crippen molar-refractivity contribution in [2.45, 2.75) is 19.3 Å². The first-order valence-corrected chi connectivity index (χ1v) is 12.5. The predicted molar refractivity (Wildman–Crippen MR) is 147 cm³/mol. The van der Waals surface area contributed by atoms with E-state index in [4.69, 9.17) is 28.1 Å². The summed E-state index contributed by atoms with van der Waals surface area (Å²) in [5.74, 6) is -1.61. The summed E-state index contributed by atoms with van der Waals surface area (Å²) in [6.45, 7) is 0.735. The predicted octanol–water partition coefficient (Wildman–Crippen LogP) is 5.20. The molecule has 0 aliphatic rings. The van der Waals surface area contributed by atoms with Crippen LogP contribution in [0.2, 0.25) is 0 Å². The molecule has 4 aromatic rings. The average Bonchev–Trinajstić information content (AvgIpc) is 2.98. The van der Waals surface area contributed by atoms with Crippen molar-refractivity contribution >= 4 is 5.97 Å². The minimum atomic E-state index is -1.48. The van der Waals surface area contributed by atoms with Crippen molar-refractivity contribution in [1.29, 1.82) is 0 Å². The molecule has 9 heteroatoms. The largest absolute Gasteiger partial charge is 0.496 e. The topological polar surface area (TPSA) is 114 Å². The summed E-state index contributed by atoms with van der Waals surface area (Å²) in [7, 11) is 2.92. The molecule has 0 aliphatic heterocycles. The molecule has 0 unspecified atom stereocenters. The van der Waals surface area contributed by atoms with Crippen LogP contribution in [0.1, 0.15) is 21.7 Å². The van der Waals surface area contributed by atoms with Gasteiger partial charge in [0.25, 0.3) is 5.76 Å². The van der Waals surface area contributed by atoms with E-state index >= 15 is 0 Å². The lowest BCUT2D eigenvalue weighted by Crippen LogP contribution is -2.30. The number of benzene rings is 3. The van der Waals surface area contributed by atoms with E-state index in [2.05, 4.69) is 0 Å². The minimum Gasteiger partial charge on any atom is -0.496 e. The van der Waals surface area contributed by atoms with Gasteiger partial charge >= 0.3 is 11.6 Å². The first-order valence-electron chi connectivity index (χ1n) is 12.5. The van der Waals surface area contributed by atoms with Crippen molar-refractivity contribution in [2.24, 2.45) is 0 Å². The number of carbonyl (C=O) groups is 1. The fourth-order valence-electron chi connectivity index (χ4n) is 4.09. The Morgan fingerprint density at radius 1 is 0.800 bits per heavy atom. The number of ether oxygens (including phenoxy) is 5. The Balaban J connectivity index is 1.69. The van der Waals surface area contributed by atoms with Crippen molar-refractivity contribution < 1.29 is 38.0 Å². The molecule has 208 valence electrons. The molecule has 0 saturated carbocycles. The quantitative estimate of drug-likeness (QED) is 0.228. The van der Waals surface area contributed by atoms with Crippen molar-refractivity contribution in [1.82, 2.24) is 0 Å². The lowest BCUT2D eigenvalue weighted by atomic mass is 10.0. The minimum absolute atomic E-state index is 0.0599. The van der Waals surface area contributed by atoms with Gasteiger partial charge in [-0.05, 0) is 23.3 Å². The van der Waals surface area contributed by atoms with Gasteiger partial charge in [0.05, 0.1) is 46.2 Å². The number of methoxy groups -OCH3 is 2. The van der Waals surface area contributed by atoms with Crippen LogP contribution in [-0.2, 0) is 22.7 Å². The monoisotopic (exact) mass is 546 g/mol. The van der Waals surface area contributed by atoms with E-state index in [9.17, 15) is 14.7 Å². The Hall–Kier alpha value is -4.60. The number of hydrogen-bond donors (Lipinski definition) is 1. The zero-order valence-corrected chi connectivity index (χ0v) is 22.2. The molecule has 1 N–H and O–H groups in total. The lowest BCUT2D eigenvalue weighted by Gasteiger charge is -2.23. The average molecular weight is 547 g/mol. The summed E-state index contributed by atoms with van der Waals surface area (Å²) >= 11 is 0. The maximum Gasteiger partial charge on any atom is 0.375 e. The number of carboxylic acid groups (broad SMARTS) is 1. The molecule has 0 radical (unpaired) electrons. The third kappa shape index (κ3) is 7.28. The molecule has 0 saturated heterocycles. The van der Waals surface area contributed by atoms with Gasteiger partial charge in [0.1, 0.15) is 17.6 Å². The van der Waals surface area contributed by atoms with Crippen molar-refractivity contribution in [2.75, 3.05) is 27.4 Å². The van der Waals surface area contributed by atoms with E-state index in [1.54, 1.807) is 18.2 Å². The molecular weight excluding hydrogens is 516 g/mol. The van der Waals surface area contributed by atoms with Crippen LogP contribution in [0.4, 0.5) is 0 Å². The van der Waals surface area contributed by atoms with Gasteiger partial charge in [-0.25, -0.2) is 9.59 Å². The van der Waals surface area contributed by atoms with Crippen molar-refractivity contribution in [3.63, 3.8) is 0 Å². The molecule has 1 aromatic heterocycles. The molecule has 0 fully saturated rings. The first kappa shape index (κ1) is 28.4. The lowest BCUT2D eigenvalue weighted by molar-refractivity contribution is -0.0169. The highest BCUT2D eigenvalue weighted by atomic mass is 16.6. The van der Waals surface area contributed by atoms with E-state index < -0.39 is 23.5 Å². The Morgan fingerprint density at radius 2 is 1.32 bits per heavy atom. The fourth-order valence-corrected chi connectivity index (χ4v) is 4.09. The maximum atomic E-state index is 12.5. The highest BCUT2D eigenvalue weighted by molar-refractivity contribution is 5.93. The molecule has 0 atom stereocenters. The second kappa shape index (κ2) is 14.0. The third-order valence-electron chi connectivity index (χ3n) is 5.92. The molecule has 0 amide bonds. The molecule has 4 rings (SSSR count). The molecular formula is C31H30O9. The normalized spacial score (nSPS) is 10.9. The van der Waals surface area contributed by atoms with Gasteiger partial charge in [-0.3, -0.25) is 0 Å². The fraction of sp³-hybridized carbons (Fsp3) is 0.226. The van der Waals surface area contributed by atoms with Gasteiger partial charge in [-0.1, -0.05) is 66.7 Å². The SMILES string of the molecule is COc1cccc(OC)c1-c1cc(=O)oc(C(=O)O)c1OC(COCc1ccccc1)COCc1ccccc1. The van der Waals surface area contributed by atoms with Gasteiger partial charge < -0.3 is 33.2 Å². The summed E-state index contributed by atoms with van der Waals surface area (Å²) in [5, 5.41) is 9.94. The molecule has 0 spiro atoms. The number of hydrogen-bond acceptors (Lipinski definition) is 8. The Labute approximate surface area is 231 Å². The van der Waals surface area contributed by atoms with E-state index in [0.29, 0.717) is 30.3 Å². The number of aromatic carboxylic acids is 1. The van der Waals surface area contributed by atoms with Gasteiger partial charge in [0, 0.05) is 11.6 Å². The summed E-state index contributed by atoms with van der Waals surface area (Å²) < 4.78 is 34.2. The number of carboxylic acids is 1. The zero-order chi connectivity index (χ0) is 28.3. The highest BCUT2D eigenvalue weighted by Crippen LogP contribution is 2.43. The standard InChI is InChI=1S/C31H30O9/c1-35-25-14-9-15-26(36-2)28(25)24-16-27(32)40-30(31(33)34)29(24)39-23(19-37-17-21-10-5-3-6-11-21)20-38-18-22-12-7-4-8-13-22/h3-16,23H,17-20H2,1-2H3,(H,33,34). The van der Waals surface area contributed by atoms with Crippen molar-refractivity contribution in [3.05, 3.63) is 112 Å². The molecule has 3 aromatic carbocycles. The zero-order valence-electron chi connectivity index (χ0n) is 22.2. The molecule has 9 nitrogen and oxygen atoms in total. The second-order valence-electron chi connectivity index (χ2n) is 8.72. The first-order chi connectivity index (χ1) is 19.5. The smallest absolute Gasteiger partial charge is 0.375 e. The molecule has 1 heterocycles. The van der Waals surface area contributed by atoms with E-state index in [-0.39, 0.29) is 24.5 Å².